The molecule has 0 radical (unpaired) electrons. The Labute approximate surface area is 127 Å². The van der Waals surface area contributed by atoms with Crippen LogP contribution in [0, 0.1) is 5.92 Å². The Kier molecular flexibility index (Phi) is 5.79. The fourth-order valence-electron chi connectivity index (χ4n) is 2.82. The molecule has 2 rings (SSSR count). The van der Waals surface area contributed by atoms with Gasteiger partial charge in [0, 0.05) is 25.1 Å². The highest BCUT2D eigenvalue weighted by Crippen LogP contribution is 2.21. The van der Waals surface area contributed by atoms with Crippen LogP contribution in [-0.2, 0) is 0 Å². The van der Waals surface area contributed by atoms with Crippen molar-refractivity contribution in [2.45, 2.75) is 46.0 Å². The fourth-order valence-corrected chi connectivity index (χ4v) is 2.82. The van der Waals surface area contributed by atoms with Crippen LogP contribution in [0.5, 0.6) is 0 Å². The highest BCUT2D eigenvalue weighted by Gasteiger charge is 2.21. The van der Waals surface area contributed by atoms with Crippen LogP contribution in [0.2, 0.25) is 0 Å². The van der Waals surface area contributed by atoms with E-state index in [-0.39, 0.29) is 11.5 Å². The van der Waals surface area contributed by atoms with E-state index in [0.717, 1.165) is 37.8 Å². The Morgan fingerprint density at radius 3 is 3.05 bits per heavy atom. The van der Waals surface area contributed by atoms with Crippen LogP contribution in [0.3, 0.4) is 0 Å². The summed E-state index contributed by atoms with van der Waals surface area (Å²) in [6, 6.07) is 1.63. The number of hydrogen-bond acceptors (Lipinski definition) is 4. The molecule has 2 heterocycles. The summed E-state index contributed by atoms with van der Waals surface area (Å²) in [5.74, 6) is 2.50. The molecular weight excluding hydrogens is 264 g/mol. The predicted octanol–water partition coefficient (Wildman–Crippen LogP) is 2.11. The lowest BCUT2D eigenvalue weighted by Gasteiger charge is -2.33. The minimum absolute atomic E-state index is 0.0464. The highest BCUT2D eigenvalue weighted by atomic mass is 16.1. The molecule has 0 bridgehead atoms. The van der Waals surface area contributed by atoms with Gasteiger partial charge in [-0.05, 0) is 38.3 Å². The number of aromatic amines is 1. The Bertz CT molecular complexity index is 497. The predicted molar refractivity (Wildman–Crippen MR) is 87.0 cm³/mol. The summed E-state index contributed by atoms with van der Waals surface area (Å²) in [5, 5.41) is 3.50. The first kappa shape index (κ1) is 16.0. The van der Waals surface area contributed by atoms with Crippen LogP contribution in [-0.4, -0.2) is 36.1 Å². The molecule has 5 nitrogen and oxygen atoms in total. The lowest BCUT2D eigenvalue weighted by Crippen LogP contribution is -2.40. The van der Waals surface area contributed by atoms with Crippen LogP contribution in [0.25, 0.3) is 0 Å². The second kappa shape index (κ2) is 7.59. The molecule has 1 aromatic heterocycles. The lowest BCUT2D eigenvalue weighted by molar-refractivity contribution is 0.390. The van der Waals surface area contributed by atoms with Gasteiger partial charge in [0.25, 0.3) is 5.56 Å². The molecule has 1 aliphatic heterocycles. The van der Waals surface area contributed by atoms with Crippen LogP contribution in [0.15, 0.2) is 10.9 Å². The monoisotopic (exact) mass is 292 g/mol. The zero-order valence-corrected chi connectivity index (χ0v) is 13.5. The van der Waals surface area contributed by atoms with E-state index in [1.165, 1.54) is 19.3 Å². The first-order valence-corrected chi connectivity index (χ1v) is 8.17. The molecule has 1 saturated heterocycles. The van der Waals surface area contributed by atoms with Gasteiger partial charge in [-0.2, -0.15) is 0 Å². The fraction of sp³-hybridized carbons (Fsp3) is 0.750. The smallest absolute Gasteiger partial charge is 0.252 e. The molecule has 0 aromatic carbocycles. The molecule has 21 heavy (non-hydrogen) atoms. The average molecular weight is 292 g/mol. The molecule has 1 aliphatic rings. The molecule has 0 saturated carbocycles. The number of H-pyrrole nitrogens is 1. The molecule has 0 amide bonds. The van der Waals surface area contributed by atoms with Crippen molar-refractivity contribution < 1.29 is 0 Å². The third-order valence-electron chi connectivity index (χ3n) is 4.00. The van der Waals surface area contributed by atoms with Gasteiger partial charge in [-0.15, -0.1) is 0 Å². The topological polar surface area (TPSA) is 61.0 Å². The quantitative estimate of drug-likeness (QED) is 0.788. The van der Waals surface area contributed by atoms with Crippen molar-refractivity contribution in [1.29, 1.82) is 0 Å². The van der Waals surface area contributed by atoms with Crippen molar-refractivity contribution in [3.63, 3.8) is 0 Å². The Balaban J connectivity index is 2.05. The minimum atomic E-state index is -0.0464. The van der Waals surface area contributed by atoms with Gasteiger partial charge in [-0.3, -0.25) is 4.79 Å². The van der Waals surface area contributed by atoms with Crippen LogP contribution in [0.4, 0.5) is 5.82 Å². The normalized spacial score (nSPS) is 19.2. The average Bonchev–Trinajstić information content (AvgIpc) is 2.47. The highest BCUT2D eigenvalue weighted by molar-refractivity contribution is 5.38. The molecule has 1 atom stereocenters. The second-order valence-corrected chi connectivity index (χ2v) is 6.30. The van der Waals surface area contributed by atoms with Gasteiger partial charge in [0.05, 0.1) is 0 Å². The number of rotatable bonds is 6. The van der Waals surface area contributed by atoms with Gasteiger partial charge >= 0.3 is 0 Å². The van der Waals surface area contributed by atoms with Gasteiger partial charge in [0.15, 0.2) is 0 Å². The van der Waals surface area contributed by atoms with Gasteiger partial charge in [-0.1, -0.05) is 20.8 Å². The van der Waals surface area contributed by atoms with Gasteiger partial charge in [0.1, 0.15) is 11.6 Å². The van der Waals surface area contributed by atoms with E-state index in [1.807, 2.05) is 0 Å². The maximum atomic E-state index is 11.8. The first-order chi connectivity index (χ1) is 10.1. The van der Waals surface area contributed by atoms with Crippen molar-refractivity contribution in [2.75, 3.05) is 31.1 Å². The molecule has 0 aliphatic carbocycles. The Morgan fingerprint density at radius 1 is 1.52 bits per heavy atom. The summed E-state index contributed by atoms with van der Waals surface area (Å²) in [6.07, 6.45) is 3.60. The number of hydrogen-bond donors (Lipinski definition) is 2. The Hall–Kier alpha value is -1.36. The zero-order valence-electron chi connectivity index (χ0n) is 13.5. The van der Waals surface area contributed by atoms with Gasteiger partial charge < -0.3 is 15.2 Å². The van der Waals surface area contributed by atoms with E-state index in [1.54, 1.807) is 6.07 Å². The van der Waals surface area contributed by atoms with Gasteiger partial charge in [0.2, 0.25) is 0 Å². The molecule has 118 valence electrons. The maximum Gasteiger partial charge on any atom is 0.252 e. The van der Waals surface area contributed by atoms with E-state index in [4.69, 9.17) is 0 Å². The van der Waals surface area contributed by atoms with Gasteiger partial charge in [-0.25, -0.2) is 4.98 Å². The molecule has 1 aromatic rings. The number of anilines is 1. The molecule has 0 spiro atoms. The van der Waals surface area contributed by atoms with Crippen LogP contribution in [0.1, 0.15) is 51.8 Å². The van der Waals surface area contributed by atoms with Crippen molar-refractivity contribution in [3.05, 3.63) is 22.2 Å². The molecule has 2 N–H and O–H groups in total. The summed E-state index contributed by atoms with van der Waals surface area (Å²) >= 11 is 0. The van der Waals surface area contributed by atoms with E-state index < -0.39 is 0 Å². The first-order valence-electron chi connectivity index (χ1n) is 8.17. The lowest BCUT2D eigenvalue weighted by atomic mass is 9.98. The third-order valence-corrected chi connectivity index (χ3v) is 4.00. The van der Waals surface area contributed by atoms with E-state index in [0.29, 0.717) is 5.92 Å². The summed E-state index contributed by atoms with van der Waals surface area (Å²) in [4.78, 5) is 21.6. The standard InChI is InChI=1S/C16H28N4O/c1-4-7-17-10-13-6-5-8-20(11-13)14-9-15(21)19-16(18-14)12(2)3/h9,12-13,17H,4-8,10-11H2,1-3H3,(H,18,19,21). The SMILES string of the molecule is CCCNCC1CCCN(c2cc(=O)[nH]c(C(C)C)n2)C1. The molecular formula is C16H28N4O. The van der Waals surface area contributed by atoms with E-state index in [2.05, 4.69) is 41.0 Å². The van der Waals surface area contributed by atoms with Crippen LogP contribution < -0.4 is 15.8 Å². The number of piperidine rings is 1. The number of nitrogens with one attached hydrogen (secondary N) is 2. The summed E-state index contributed by atoms with van der Waals surface area (Å²) in [7, 11) is 0. The van der Waals surface area contributed by atoms with Crippen molar-refractivity contribution in [2.24, 2.45) is 5.92 Å². The molecule has 1 unspecified atom stereocenters. The zero-order chi connectivity index (χ0) is 15.2. The second-order valence-electron chi connectivity index (χ2n) is 6.30. The number of nitrogens with zero attached hydrogens (tertiary/aromatic N) is 2. The van der Waals surface area contributed by atoms with E-state index >= 15 is 0 Å². The Morgan fingerprint density at radius 2 is 2.33 bits per heavy atom. The summed E-state index contributed by atoms with van der Waals surface area (Å²) in [5.41, 5.74) is -0.0464. The largest absolute Gasteiger partial charge is 0.356 e. The van der Waals surface area contributed by atoms with Crippen molar-refractivity contribution in [3.8, 4) is 0 Å². The summed E-state index contributed by atoms with van der Waals surface area (Å²) in [6.45, 7) is 10.4. The van der Waals surface area contributed by atoms with Crippen molar-refractivity contribution >= 4 is 5.82 Å². The minimum Gasteiger partial charge on any atom is -0.356 e. The third kappa shape index (κ3) is 4.56. The van der Waals surface area contributed by atoms with Crippen LogP contribution >= 0.6 is 0 Å². The molecule has 1 fully saturated rings. The number of aromatic nitrogens is 2. The van der Waals surface area contributed by atoms with E-state index in [9.17, 15) is 4.79 Å². The summed E-state index contributed by atoms with van der Waals surface area (Å²) < 4.78 is 0. The molecule has 5 heteroatoms. The maximum absolute atomic E-state index is 11.8. The van der Waals surface area contributed by atoms with Crippen molar-refractivity contribution in [1.82, 2.24) is 15.3 Å².